The number of primary amides is 1. The van der Waals surface area contributed by atoms with Gasteiger partial charge in [0.1, 0.15) is 0 Å². The molecule has 4 N–H and O–H groups in total. The maximum atomic E-state index is 10.5. The number of carbonyl (C=O) groups excluding carboxylic acids is 1. The average Bonchev–Trinajstić information content (AvgIpc) is 2.35. The molecule has 1 rings (SSSR count). The molecule has 1 aliphatic carbocycles. The lowest BCUT2D eigenvalue weighted by Crippen LogP contribution is -2.42. The van der Waals surface area contributed by atoms with Gasteiger partial charge in [-0.25, -0.2) is 0 Å². The highest BCUT2D eigenvalue weighted by molar-refractivity contribution is 5.75. The van der Waals surface area contributed by atoms with E-state index in [1.165, 1.54) is 0 Å². The van der Waals surface area contributed by atoms with Crippen LogP contribution in [0.25, 0.3) is 0 Å². The number of carbonyl (C=O) groups is 1. The van der Waals surface area contributed by atoms with E-state index < -0.39 is 0 Å². The highest BCUT2D eigenvalue weighted by Crippen LogP contribution is 2.39. The van der Waals surface area contributed by atoms with E-state index in [-0.39, 0.29) is 11.4 Å². The molecule has 10 heavy (non-hydrogen) atoms. The third-order valence-electron chi connectivity index (χ3n) is 2.07. The summed E-state index contributed by atoms with van der Waals surface area (Å²) in [5, 5.41) is 0. The molecule has 0 aromatic rings. The van der Waals surface area contributed by atoms with E-state index in [4.69, 9.17) is 11.5 Å². The van der Waals surface area contributed by atoms with Crippen molar-refractivity contribution in [1.29, 1.82) is 0 Å². The number of rotatable bonds is 3. The maximum absolute atomic E-state index is 10.5. The molecule has 0 heterocycles. The van der Waals surface area contributed by atoms with Gasteiger partial charge in [0.05, 0.1) is 0 Å². The van der Waals surface area contributed by atoms with Crippen LogP contribution in [0, 0.1) is 5.92 Å². The van der Waals surface area contributed by atoms with E-state index in [1.54, 1.807) is 0 Å². The normalized spacial score (nSPS) is 23.8. The Labute approximate surface area is 60.8 Å². The molecule has 58 valence electrons. The lowest BCUT2D eigenvalue weighted by molar-refractivity contribution is -0.119. The summed E-state index contributed by atoms with van der Waals surface area (Å²) in [4.78, 5) is 10.5. The first-order chi connectivity index (χ1) is 4.52. The van der Waals surface area contributed by atoms with Crippen molar-refractivity contribution in [1.82, 2.24) is 0 Å². The molecule has 0 spiro atoms. The number of hydrogen-bond donors (Lipinski definition) is 2. The lowest BCUT2D eigenvalue weighted by atomic mass is 9.93. The van der Waals surface area contributed by atoms with Crippen LogP contribution in [0.1, 0.15) is 26.2 Å². The molecule has 1 atom stereocenters. The van der Waals surface area contributed by atoms with Crippen LogP contribution < -0.4 is 11.5 Å². The van der Waals surface area contributed by atoms with Gasteiger partial charge in [0.2, 0.25) is 5.91 Å². The van der Waals surface area contributed by atoms with E-state index in [1.807, 2.05) is 6.92 Å². The summed E-state index contributed by atoms with van der Waals surface area (Å²) >= 11 is 0. The fourth-order valence-corrected chi connectivity index (χ4v) is 1.26. The topological polar surface area (TPSA) is 69.1 Å². The first-order valence-electron chi connectivity index (χ1n) is 3.59. The van der Waals surface area contributed by atoms with Crippen LogP contribution >= 0.6 is 0 Å². The van der Waals surface area contributed by atoms with Crippen LogP contribution in [0.2, 0.25) is 0 Å². The highest BCUT2D eigenvalue weighted by Gasteiger charge is 2.39. The molecule has 1 saturated carbocycles. The third-order valence-corrected chi connectivity index (χ3v) is 2.07. The molecule has 0 bridgehead atoms. The maximum Gasteiger partial charge on any atom is 0.219 e. The van der Waals surface area contributed by atoms with Gasteiger partial charge in [-0.2, -0.15) is 0 Å². The molecule has 3 nitrogen and oxygen atoms in total. The van der Waals surface area contributed by atoms with E-state index >= 15 is 0 Å². The summed E-state index contributed by atoms with van der Waals surface area (Å²) in [5.41, 5.74) is 10.5. The van der Waals surface area contributed by atoms with Crippen LogP contribution in [-0.4, -0.2) is 11.4 Å². The summed E-state index contributed by atoms with van der Waals surface area (Å²) in [6.45, 7) is 1.90. The van der Waals surface area contributed by atoms with E-state index in [2.05, 4.69) is 0 Å². The Morgan fingerprint density at radius 3 is 2.50 bits per heavy atom. The minimum atomic E-state index is -0.341. The molecule has 0 aromatic carbocycles. The van der Waals surface area contributed by atoms with Gasteiger partial charge in [-0.1, -0.05) is 0 Å². The average molecular weight is 142 g/mol. The molecule has 1 fully saturated rings. The Hall–Kier alpha value is -0.570. The molecular weight excluding hydrogens is 128 g/mol. The first kappa shape index (κ1) is 7.54. The van der Waals surface area contributed by atoms with Gasteiger partial charge in [0.25, 0.3) is 0 Å². The van der Waals surface area contributed by atoms with Crippen LogP contribution in [0.4, 0.5) is 0 Å². The van der Waals surface area contributed by atoms with Crippen molar-refractivity contribution in [3.8, 4) is 0 Å². The van der Waals surface area contributed by atoms with Crippen LogP contribution in [0.3, 0.4) is 0 Å². The van der Waals surface area contributed by atoms with Crippen molar-refractivity contribution in [2.45, 2.75) is 31.7 Å². The summed E-state index contributed by atoms with van der Waals surface area (Å²) in [5.74, 6) is 0.233. The zero-order chi connectivity index (χ0) is 7.78. The minimum Gasteiger partial charge on any atom is -0.370 e. The Morgan fingerprint density at radius 1 is 1.70 bits per heavy atom. The number of hydrogen-bond acceptors (Lipinski definition) is 2. The Morgan fingerprint density at radius 2 is 2.20 bits per heavy atom. The van der Waals surface area contributed by atoms with Crippen molar-refractivity contribution in [3.63, 3.8) is 0 Å². The Bertz CT molecular complexity index is 150. The second-order valence-corrected chi connectivity index (χ2v) is 3.42. The summed E-state index contributed by atoms with van der Waals surface area (Å²) < 4.78 is 0. The predicted octanol–water partition coefficient (Wildman–Crippen LogP) is -0.0108. The summed E-state index contributed by atoms with van der Waals surface area (Å²) in [6, 6.07) is 0. The zero-order valence-electron chi connectivity index (χ0n) is 6.26. The van der Waals surface area contributed by atoms with Crippen LogP contribution in [-0.2, 0) is 4.79 Å². The summed E-state index contributed by atoms with van der Waals surface area (Å²) in [6.07, 6.45) is 2.62. The van der Waals surface area contributed by atoms with E-state index in [0.717, 1.165) is 12.8 Å². The Balaban J connectivity index is 2.41. The monoisotopic (exact) mass is 142 g/mol. The standard InChI is InChI=1S/C7H14N2O/c1-7(9,4-6(8)10)5-2-3-5/h5H,2-4,9H2,1H3,(H2,8,10)/t7-/m0/s1. The minimum absolute atomic E-state index is 0.295. The van der Waals surface area contributed by atoms with Gasteiger partial charge in [0.15, 0.2) is 0 Å². The van der Waals surface area contributed by atoms with Gasteiger partial charge in [0, 0.05) is 12.0 Å². The van der Waals surface area contributed by atoms with Gasteiger partial charge in [-0.05, 0) is 25.7 Å². The lowest BCUT2D eigenvalue weighted by Gasteiger charge is -2.21. The SMILES string of the molecule is C[C@](N)(CC(N)=O)C1CC1. The van der Waals surface area contributed by atoms with Crippen molar-refractivity contribution in [2.75, 3.05) is 0 Å². The van der Waals surface area contributed by atoms with Gasteiger partial charge < -0.3 is 11.5 Å². The molecule has 0 aromatic heterocycles. The molecule has 0 aliphatic heterocycles. The second-order valence-electron chi connectivity index (χ2n) is 3.42. The van der Waals surface area contributed by atoms with Crippen LogP contribution in [0.5, 0.6) is 0 Å². The van der Waals surface area contributed by atoms with E-state index in [9.17, 15) is 4.79 Å². The predicted molar refractivity (Wildman–Crippen MR) is 39.1 cm³/mol. The fraction of sp³-hybridized carbons (Fsp3) is 0.857. The molecule has 0 radical (unpaired) electrons. The van der Waals surface area contributed by atoms with Crippen molar-refractivity contribution in [3.05, 3.63) is 0 Å². The second kappa shape index (κ2) is 2.23. The zero-order valence-corrected chi connectivity index (χ0v) is 6.26. The number of amides is 1. The van der Waals surface area contributed by atoms with E-state index in [0.29, 0.717) is 12.3 Å². The molecule has 1 aliphatic rings. The smallest absolute Gasteiger partial charge is 0.219 e. The molecule has 1 amide bonds. The quantitative estimate of drug-likeness (QED) is 0.582. The molecule has 0 saturated heterocycles. The largest absolute Gasteiger partial charge is 0.370 e. The molecule has 3 heteroatoms. The van der Waals surface area contributed by atoms with Crippen molar-refractivity contribution < 1.29 is 4.79 Å². The third kappa shape index (κ3) is 1.70. The van der Waals surface area contributed by atoms with Crippen LogP contribution in [0.15, 0.2) is 0 Å². The number of nitrogens with two attached hydrogens (primary N) is 2. The van der Waals surface area contributed by atoms with Gasteiger partial charge in [-0.3, -0.25) is 4.79 Å². The fourth-order valence-electron chi connectivity index (χ4n) is 1.26. The Kier molecular flexibility index (Phi) is 1.68. The van der Waals surface area contributed by atoms with Gasteiger partial charge >= 0.3 is 0 Å². The highest BCUT2D eigenvalue weighted by atomic mass is 16.1. The van der Waals surface area contributed by atoms with Crippen molar-refractivity contribution in [2.24, 2.45) is 17.4 Å². The van der Waals surface area contributed by atoms with Crippen molar-refractivity contribution >= 4 is 5.91 Å². The molecule has 0 unspecified atom stereocenters. The van der Waals surface area contributed by atoms with Gasteiger partial charge in [-0.15, -0.1) is 0 Å². The summed E-state index contributed by atoms with van der Waals surface area (Å²) in [7, 11) is 0. The first-order valence-corrected chi connectivity index (χ1v) is 3.59. The molecular formula is C7H14N2O.